The molecule has 0 saturated carbocycles. The predicted molar refractivity (Wildman–Crippen MR) is 115 cm³/mol. The number of rotatable bonds is 7. The molecule has 2 rings (SSSR count). The number of carbonyl (C=O) groups excluding carboxylic acids is 2. The first kappa shape index (κ1) is 22.4. The minimum absolute atomic E-state index is 0.0206. The van der Waals surface area contributed by atoms with Crippen molar-refractivity contribution < 1.29 is 9.59 Å². The van der Waals surface area contributed by atoms with Gasteiger partial charge in [-0.05, 0) is 42.9 Å². The van der Waals surface area contributed by atoms with Crippen molar-refractivity contribution in [2.24, 2.45) is 11.8 Å². The summed E-state index contributed by atoms with van der Waals surface area (Å²) in [5.74, 6) is 1.30. The van der Waals surface area contributed by atoms with Gasteiger partial charge in [0.05, 0.1) is 15.4 Å². The first-order chi connectivity index (χ1) is 12.7. The fourth-order valence-corrected chi connectivity index (χ4v) is 4.94. The minimum Gasteiger partial charge on any atom is -0.354 e. The zero-order chi connectivity index (χ0) is 20.1. The van der Waals surface area contributed by atoms with Crippen molar-refractivity contribution >= 4 is 46.8 Å². The first-order valence-electron chi connectivity index (χ1n) is 9.37. The highest BCUT2D eigenvalue weighted by Crippen LogP contribution is 2.35. The van der Waals surface area contributed by atoms with Gasteiger partial charge in [-0.2, -0.15) is 0 Å². The van der Waals surface area contributed by atoms with Crippen molar-refractivity contribution in [2.75, 3.05) is 12.3 Å². The minimum atomic E-state index is -0.465. The van der Waals surface area contributed by atoms with E-state index in [9.17, 15) is 9.59 Å². The van der Waals surface area contributed by atoms with E-state index < -0.39 is 6.04 Å². The molecule has 0 aliphatic carbocycles. The number of nitrogens with one attached hydrogen (secondary N) is 1. The van der Waals surface area contributed by atoms with Crippen molar-refractivity contribution in [1.82, 2.24) is 10.2 Å². The Bertz CT molecular complexity index is 682. The second kappa shape index (κ2) is 10.0. The van der Waals surface area contributed by atoms with E-state index in [1.807, 2.05) is 0 Å². The van der Waals surface area contributed by atoms with E-state index in [0.29, 0.717) is 39.7 Å². The van der Waals surface area contributed by atoms with Gasteiger partial charge in [0, 0.05) is 17.9 Å². The van der Waals surface area contributed by atoms with E-state index in [1.54, 1.807) is 34.9 Å². The molecule has 2 atom stereocenters. The largest absolute Gasteiger partial charge is 0.354 e. The highest BCUT2D eigenvalue weighted by Gasteiger charge is 2.41. The van der Waals surface area contributed by atoms with Crippen LogP contribution >= 0.6 is 35.0 Å². The summed E-state index contributed by atoms with van der Waals surface area (Å²) in [7, 11) is 0. The second-order valence-electron chi connectivity index (χ2n) is 7.75. The summed E-state index contributed by atoms with van der Waals surface area (Å²) in [5, 5.41) is 3.72. The molecule has 0 radical (unpaired) electrons. The Labute approximate surface area is 176 Å². The molecule has 1 aromatic rings. The number of hydrogen-bond acceptors (Lipinski definition) is 3. The lowest BCUT2D eigenvalue weighted by Gasteiger charge is -2.30. The van der Waals surface area contributed by atoms with Gasteiger partial charge in [0.2, 0.25) is 5.91 Å². The molecule has 1 aliphatic heterocycles. The summed E-state index contributed by atoms with van der Waals surface area (Å²) in [6.45, 7) is 9.12. The van der Waals surface area contributed by atoms with Gasteiger partial charge in [0.25, 0.3) is 5.91 Å². The van der Waals surface area contributed by atoms with Crippen molar-refractivity contribution in [2.45, 2.75) is 52.0 Å². The maximum atomic E-state index is 13.2. The Balaban J connectivity index is 2.21. The Kier molecular flexibility index (Phi) is 8.32. The van der Waals surface area contributed by atoms with E-state index in [4.69, 9.17) is 23.2 Å². The highest BCUT2D eigenvalue weighted by molar-refractivity contribution is 8.00. The van der Waals surface area contributed by atoms with Crippen LogP contribution in [0.4, 0.5) is 0 Å². The second-order valence-corrected chi connectivity index (χ2v) is 9.77. The number of carbonyl (C=O) groups is 2. The van der Waals surface area contributed by atoms with E-state index in [-0.39, 0.29) is 17.2 Å². The third-order valence-electron chi connectivity index (χ3n) is 4.49. The first-order valence-corrected chi connectivity index (χ1v) is 11.2. The third kappa shape index (κ3) is 6.03. The van der Waals surface area contributed by atoms with Crippen LogP contribution in [0, 0.1) is 11.8 Å². The van der Waals surface area contributed by atoms with Gasteiger partial charge < -0.3 is 10.2 Å². The van der Waals surface area contributed by atoms with Crippen LogP contribution in [-0.2, 0) is 4.79 Å². The van der Waals surface area contributed by atoms with Crippen molar-refractivity contribution in [3.05, 3.63) is 33.8 Å². The molecule has 2 unspecified atom stereocenters. The molecule has 1 heterocycles. The Morgan fingerprint density at radius 2 is 1.89 bits per heavy atom. The molecule has 27 heavy (non-hydrogen) atoms. The van der Waals surface area contributed by atoms with Gasteiger partial charge in [0.15, 0.2) is 0 Å². The Hall–Kier alpha value is -0.910. The van der Waals surface area contributed by atoms with E-state index in [1.165, 1.54) is 0 Å². The smallest absolute Gasteiger partial charge is 0.255 e. The van der Waals surface area contributed by atoms with Crippen LogP contribution in [0.2, 0.25) is 10.0 Å². The monoisotopic (exact) mass is 430 g/mol. The predicted octanol–water partition coefficient (Wildman–Crippen LogP) is 5.09. The number of amides is 2. The lowest BCUT2D eigenvalue weighted by atomic mass is 10.1. The van der Waals surface area contributed by atoms with Crippen LogP contribution in [0.3, 0.4) is 0 Å². The van der Waals surface area contributed by atoms with Gasteiger partial charge in [0.1, 0.15) is 6.04 Å². The molecule has 1 aromatic carbocycles. The molecule has 0 aromatic heterocycles. The molecule has 1 N–H and O–H groups in total. The molecule has 1 saturated heterocycles. The highest BCUT2D eigenvalue weighted by atomic mass is 35.5. The van der Waals surface area contributed by atoms with Gasteiger partial charge in [-0.3, -0.25) is 9.59 Å². The van der Waals surface area contributed by atoms with Crippen molar-refractivity contribution in [3.63, 3.8) is 0 Å². The fourth-order valence-electron chi connectivity index (χ4n) is 3.00. The summed E-state index contributed by atoms with van der Waals surface area (Å²) in [5.41, 5.74) is 0.459. The summed E-state index contributed by atoms with van der Waals surface area (Å²) < 4.78 is 0. The summed E-state index contributed by atoms with van der Waals surface area (Å²) in [6.07, 6.45) is 1.76. The molecule has 4 nitrogen and oxygen atoms in total. The average Bonchev–Trinajstić information content (AvgIpc) is 2.99. The number of hydrogen-bond donors (Lipinski definition) is 1. The standard InChI is InChI=1S/C20H28Cl2N2O2S/c1-12(2)7-8-23-19(25)17-11-27-18(9-13(3)4)24(17)20(26)14-5-6-15(21)16(22)10-14/h5-6,10,12-13,17-18H,7-9,11H2,1-4H3,(H,23,25). The van der Waals surface area contributed by atoms with Crippen LogP contribution < -0.4 is 5.32 Å². The summed E-state index contributed by atoms with van der Waals surface area (Å²) in [4.78, 5) is 27.7. The zero-order valence-electron chi connectivity index (χ0n) is 16.3. The van der Waals surface area contributed by atoms with Crippen LogP contribution in [-0.4, -0.2) is 40.4 Å². The van der Waals surface area contributed by atoms with E-state index >= 15 is 0 Å². The SMILES string of the molecule is CC(C)CCNC(=O)C1CSC(CC(C)C)N1C(=O)c1ccc(Cl)c(Cl)c1. The fraction of sp³-hybridized carbons (Fsp3) is 0.600. The maximum Gasteiger partial charge on any atom is 0.255 e. The summed E-state index contributed by atoms with van der Waals surface area (Å²) in [6, 6.07) is 4.40. The third-order valence-corrected chi connectivity index (χ3v) is 6.54. The maximum absolute atomic E-state index is 13.2. The van der Waals surface area contributed by atoms with Crippen LogP contribution in [0.5, 0.6) is 0 Å². The van der Waals surface area contributed by atoms with Crippen LogP contribution in [0.15, 0.2) is 18.2 Å². The van der Waals surface area contributed by atoms with Crippen LogP contribution in [0.1, 0.15) is 50.9 Å². The molecule has 150 valence electrons. The molecule has 0 spiro atoms. The van der Waals surface area contributed by atoms with Crippen molar-refractivity contribution in [3.8, 4) is 0 Å². The van der Waals surface area contributed by atoms with Gasteiger partial charge >= 0.3 is 0 Å². The van der Waals surface area contributed by atoms with Gasteiger partial charge in [-0.1, -0.05) is 50.9 Å². The van der Waals surface area contributed by atoms with E-state index in [0.717, 1.165) is 12.8 Å². The molecule has 1 fully saturated rings. The van der Waals surface area contributed by atoms with Crippen molar-refractivity contribution in [1.29, 1.82) is 0 Å². The Morgan fingerprint density at radius 3 is 2.48 bits per heavy atom. The normalized spacial score (nSPS) is 19.8. The number of halogens is 2. The topological polar surface area (TPSA) is 49.4 Å². The van der Waals surface area contributed by atoms with Crippen LogP contribution in [0.25, 0.3) is 0 Å². The Morgan fingerprint density at radius 1 is 1.19 bits per heavy atom. The summed E-state index contributed by atoms with van der Waals surface area (Å²) >= 11 is 13.7. The quantitative estimate of drug-likeness (QED) is 0.655. The lowest BCUT2D eigenvalue weighted by molar-refractivity contribution is -0.124. The lowest BCUT2D eigenvalue weighted by Crippen LogP contribution is -2.50. The molecule has 7 heteroatoms. The molecule has 1 aliphatic rings. The molecular formula is C20H28Cl2N2O2S. The number of thioether (sulfide) groups is 1. The number of nitrogens with zero attached hydrogens (tertiary/aromatic N) is 1. The average molecular weight is 431 g/mol. The molecular weight excluding hydrogens is 403 g/mol. The molecule has 0 bridgehead atoms. The van der Waals surface area contributed by atoms with Gasteiger partial charge in [-0.25, -0.2) is 0 Å². The number of benzene rings is 1. The van der Waals surface area contributed by atoms with E-state index in [2.05, 4.69) is 33.0 Å². The van der Waals surface area contributed by atoms with Gasteiger partial charge in [-0.15, -0.1) is 11.8 Å². The molecule has 2 amide bonds. The zero-order valence-corrected chi connectivity index (χ0v) is 18.6.